The third-order valence-electron chi connectivity index (χ3n) is 5.59. The van der Waals surface area contributed by atoms with Crippen LogP contribution in [-0.2, 0) is 9.47 Å². The quantitative estimate of drug-likeness (QED) is 0.327. The SMILES string of the molecule is Nc1nc(C(=O)c2ccccc2)nc2c1ncn2[C@@H]1C[C@@H](O)[C@@H](COC(=O)c2ccccc2)O1. The smallest absolute Gasteiger partial charge is 0.338 e. The van der Waals surface area contributed by atoms with Crippen LogP contribution in [-0.4, -0.2) is 55.2 Å². The Hall–Kier alpha value is -4.15. The zero-order chi connectivity index (χ0) is 23.7. The highest BCUT2D eigenvalue weighted by atomic mass is 16.6. The lowest BCUT2D eigenvalue weighted by Gasteiger charge is -2.16. The van der Waals surface area contributed by atoms with Crippen LogP contribution in [0.3, 0.4) is 0 Å². The number of fused-ring (bicyclic) bond motifs is 1. The summed E-state index contributed by atoms with van der Waals surface area (Å²) in [5.41, 5.74) is 7.52. The van der Waals surface area contributed by atoms with Gasteiger partial charge in [0.15, 0.2) is 11.5 Å². The van der Waals surface area contributed by atoms with E-state index in [4.69, 9.17) is 15.2 Å². The Morgan fingerprint density at radius 3 is 2.44 bits per heavy atom. The van der Waals surface area contributed by atoms with Gasteiger partial charge in [0, 0.05) is 12.0 Å². The van der Waals surface area contributed by atoms with E-state index in [1.54, 1.807) is 65.2 Å². The molecule has 0 aliphatic carbocycles. The van der Waals surface area contributed by atoms with E-state index >= 15 is 0 Å². The molecule has 10 heteroatoms. The van der Waals surface area contributed by atoms with Crippen molar-refractivity contribution in [2.75, 3.05) is 12.3 Å². The summed E-state index contributed by atoms with van der Waals surface area (Å²) in [6.45, 7) is -0.118. The lowest BCUT2D eigenvalue weighted by Crippen LogP contribution is -2.28. The van der Waals surface area contributed by atoms with Crippen LogP contribution in [0, 0.1) is 0 Å². The number of anilines is 1. The number of hydrogen-bond donors (Lipinski definition) is 2. The molecule has 3 atom stereocenters. The second-order valence-corrected chi connectivity index (χ2v) is 7.85. The van der Waals surface area contributed by atoms with Crippen molar-refractivity contribution in [3.8, 4) is 0 Å². The van der Waals surface area contributed by atoms with Gasteiger partial charge in [0.05, 0.1) is 18.0 Å². The molecule has 4 aromatic rings. The average Bonchev–Trinajstić information content (AvgIpc) is 3.46. The van der Waals surface area contributed by atoms with Crippen molar-refractivity contribution in [1.29, 1.82) is 0 Å². The van der Waals surface area contributed by atoms with Crippen molar-refractivity contribution >= 4 is 28.7 Å². The Morgan fingerprint density at radius 1 is 1.06 bits per heavy atom. The number of hydrogen-bond acceptors (Lipinski definition) is 9. The minimum Gasteiger partial charge on any atom is -0.459 e. The minimum absolute atomic E-state index is 0.0647. The highest BCUT2D eigenvalue weighted by Gasteiger charge is 2.37. The Morgan fingerprint density at radius 2 is 1.74 bits per heavy atom. The third kappa shape index (κ3) is 4.12. The topological polar surface area (TPSA) is 142 Å². The lowest BCUT2D eigenvalue weighted by molar-refractivity contribution is -0.0509. The third-order valence-corrected chi connectivity index (χ3v) is 5.59. The summed E-state index contributed by atoms with van der Waals surface area (Å²) >= 11 is 0. The first-order valence-electron chi connectivity index (χ1n) is 10.7. The number of imidazole rings is 1. The van der Waals surface area contributed by atoms with Gasteiger partial charge in [-0.25, -0.2) is 19.7 Å². The fraction of sp³-hybridized carbons (Fsp3) is 0.208. The number of ketones is 1. The molecule has 0 bridgehead atoms. The molecule has 3 heterocycles. The first-order valence-corrected chi connectivity index (χ1v) is 10.7. The number of aliphatic hydroxyl groups is 1. The Kier molecular flexibility index (Phi) is 5.74. The van der Waals surface area contributed by atoms with Gasteiger partial charge >= 0.3 is 5.97 Å². The van der Waals surface area contributed by atoms with E-state index in [9.17, 15) is 14.7 Å². The van der Waals surface area contributed by atoms with Gasteiger partial charge in [-0.3, -0.25) is 9.36 Å². The molecule has 1 aliphatic heterocycles. The summed E-state index contributed by atoms with van der Waals surface area (Å²) < 4.78 is 12.9. The molecule has 1 saturated heterocycles. The molecular formula is C24H21N5O5. The van der Waals surface area contributed by atoms with Crippen LogP contribution in [0.1, 0.15) is 39.2 Å². The molecule has 2 aromatic heterocycles. The molecule has 0 amide bonds. The summed E-state index contributed by atoms with van der Waals surface area (Å²) in [6.07, 6.45) is -0.572. The van der Waals surface area contributed by atoms with Gasteiger partial charge < -0.3 is 20.3 Å². The molecule has 2 aromatic carbocycles. The highest BCUT2D eigenvalue weighted by Crippen LogP contribution is 2.32. The van der Waals surface area contributed by atoms with Crippen molar-refractivity contribution in [1.82, 2.24) is 19.5 Å². The zero-order valence-electron chi connectivity index (χ0n) is 17.9. The van der Waals surface area contributed by atoms with Gasteiger partial charge in [0.25, 0.3) is 0 Å². The van der Waals surface area contributed by atoms with Crippen LogP contribution in [0.2, 0.25) is 0 Å². The van der Waals surface area contributed by atoms with Crippen LogP contribution in [0.25, 0.3) is 11.2 Å². The number of nitrogen functional groups attached to an aromatic ring is 1. The Bertz CT molecular complexity index is 1340. The lowest BCUT2D eigenvalue weighted by atomic mass is 10.1. The summed E-state index contributed by atoms with van der Waals surface area (Å²) in [6, 6.07) is 17.2. The fourth-order valence-electron chi connectivity index (χ4n) is 3.82. The number of aliphatic hydroxyl groups excluding tert-OH is 1. The van der Waals surface area contributed by atoms with Gasteiger partial charge in [0.2, 0.25) is 11.6 Å². The molecule has 5 rings (SSSR count). The molecule has 34 heavy (non-hydrogen) atoms. The van der Waals surface area contributed by atoms with E-state index in [0.29, 0.717) is 22.3 Å². The second kappa shape index (κ2) is 9.00. The number of aromatic nitrogens is 4. The number of carbonyl (C=O) groups excluding carboxylic acids is 2. The second-order valence-electron chi connectivity index (χ2n) is 7.85. The molecule has 0 spiro atoms. The average molecular weight is 459 g/mol. The van der Waals surface area contributed by atoms with E-state index < -0.39 is 24.4 Å². The normalized spacial score (nSPS) is 19.9. The van der Waals surface area contributed by atoms with E-state index in [1.807, 2.05) is 0 Å². The summed E-state index contributed by atoms with van der Waals surface area (Å²) in [5, 5.41) is 10.5. The minimum atomic E-state index is -0.879. The van der Waals surface area contributed by atoms with E-state index in [0.717, 1.165) is 0 Å². The van der Waals surface area contributed by atoms with Gasteiger partial charge in [-0.15, -0.1) is 0 Å². The predicted octanol–water partition coefficient (Wildman–Crippen LogP) is 2.14. The number of nitrogens with two attached hydrogens (primary N) is 1. The molecule has 172 valence electrons. The number of carbonyl (C=O) groups is 2. The van der Waals surface area contributed by atoms with Gasteiger partial charge in [-0.05, 0) is 12.1 Å². The van der Waals surface area contributed by atoms with Crippen LogP contribution in [0.4, 0.5) is 5.82 Å². The highest BCUT2D eigenvalue weighted by molar-refractivity contribution is 6.07. The Labute approximate surface area is 194 Å². The molecule has 10 nitrogen and oxygen atoms in total. The maximum atomic E-state index is 12.8. The van der Waals surface area contributed by atoms with Crippen molar-refractivity contribution in [3.63, 3.8) is 0 Å². The summed E-state index contributed by atoms with van der Waals surface area (Å²) in [7, 11) is 0. The van der Waals surface area contributed by atoms with Crippen molar-refractivity contribution in [2.45, 2.75) is 24.9 Å². The molecular weight excluding hydrogens is 438 g/mol. The molecule has 1 aliphatic rings. The predicted molar refractivity (Wildman–Crippen MR) is 121 cm³/mol. The van der Waals surface area contributed by atoms with Crippen molar-refractivity contribution < 1.29 is 24.2 Å². The molecule has 0 unspecified atom stereocenters. The standard InChI is InChI=1S/C24H21N5O5/c25-21-19-23(28-22(27-21)20(31)14-7-3-1-4-8-14)29(13-26-19)18-11-16(30)17(34-18)12-33-24(32)15-9-5-2-6-10-15/h1-10,13,16-18,30H,11-12H2,(H2,25,27,28)/t16-,17-,18+/m1/s1. The maximum Gasteiger partial charge on any atom is 0.338 e. The van der Waals surface area contributed by atoms with Gasteiger partial charge in [0.1, 0.15) is 24.5 Å². The first-order chi connectivity index (χ1) is 16.5. The fourth-order valence-corrected chi connectivity index (χ4v) is 3.82. The van der Waals surface area contributed by atoms with Crippen molar-refractivity contribution in [3.05, 3.63) is 83.9 Å². The number of nitrogens with zero attached hydrogens (tertiary/aromatic N) is 4. The number of rotatable bonds is 6. The molecule has 3 N–H and O–H groups in total. The summed E-state index contributed by atoms with van der Waals surface area (Å²) in [5.74, 6) is -0.878. The van der Waals surface area contributed by atoms with Gasteiger partial charge in [-0.1, -0.05) is 48.5 Å². The van der Waals surface area contributed by atoms with Crippen LogP contribution in [0.5, 0.6) is 0 Å². The van der Waals surface area contributed by atoms with Crippen LogP contribution >= 0.6 is 0 Å². The monoisotopic (exact) mass is 459 g/mol. The van der Waals surface area contributed by atoms with Crippen LogP contribution in [0.15, 0.2) is 67.0 Å². The van der Waals surface area contributed by atoms with E-state index in [2.05, 4.69) is 15.0 Å². The zero-order valence-corrected chi connectivity index (χ0v) is 17.9. The number of esters is 1. The van der Waals surface area contributed by atoms with E-state index in [-0.39, 0.29) is 30.5 Å². The molecule has 0 radical (unpaired) electrons. The Balaban J connectivity index is 1.35. The molecule has 0 saturated carbocycles. The van der Waals surface area contributed by atoms with E-state index in [1.165, 1.54) is 6.33 Å². The van der Waals surface area contributed by atoms with Gasteiger partial charge in [-0.2, -0.15) is 0 Å². The largest absolute Gasteiger partial charge is 0.459 e. The first kappa shape index (κ1) is 21.7. The number of ether oxygens (including phenoxy) is 2. The number of benzene rings is 2. The summed E-state index contributed by atoms with van der Waals surface area (Å²) in [4.78, 5) is 37.8. The van der Waals surface area contributed by atoms with Crippen molar-refractivity contribution in [2.24, 2.45) is 0 Å². The molecule has 1 fully saturated rings. The maximum absolute atomic E-state index is 12.8. The van der Waals surface area contributed by atoms with Crippen LogP contribution < -0.4 is 5.73 Å².